The maximum atomic E-state index is 12.5. The summed E-state index contributed by atoms with van der Waals surface area (Å²) in [6.45, 7) is 5.20. The van der Waals surface area contributed by atoms with Crippen LogP contribution in [-0.2, 0) is 11.4 Å². The maximum Gasteiger partial charge on any atom is 0.493 e. The Morgan fingerprint density at radius 3 is 2.67 bits per heavy atom. The molecule has 11 heteroatoms. The molecule has 160 valence electrons. The molecule has 2 aromatic rings. The van der Waals surface area contributed by atoms with E-state index in [1.807, 2.05) is 19.1 Å². The first-order valence-corrected chi connectivity index (χ1v) is 9.50. The Labute approximate surface area is 169 Å². The zero-order valence-corrected chi connectivity index (χ0v) is 16.4. The van der Waals surface area contributed by atoms with Gasteiger partial charge in [0.1, 0.15) is 10.3 Å². The third kappa shape index (κ3) is 3.53. The first-order valence-electron chi connectivity index (χ1n) is 9.50. The molecule has 0 saturated carbocycles. The van der Waals surface area contributed by atoms with Gasteiger partial charge in [0.2, 0.25) is 10.7 Å². The Morgan fingerprint density at radius 1 is 1.30 bits per heavy atom. The Hall–Kier alpha value is -2.95. The average Bonchev–Trinajstić information content (AvgIpc) is 2.70. The van der Waals surface area contributed by atoms with Gasteiger partial charge in [0, 0.05) is 12.5 Å². The molecule has 1 N–H and O–H groups in total. The van der Waals surface area contributed by atoms with E-state index in [9.17, 15) is 22.9 Å². The highest BCUT2D eigenvalue weighted by molar-refractivity contribution is 5.77. The van der Waals surface area contributed by atoms with Crippen molar-refractivity contribution < 1.29 is 32.1 Å². The molecule has 4 rings (SSSR count). The van der Waals surface area contributed by atoms with Crippen molar-refractivity contribution in [2.45, 2.75) is 45.4 Å². The molecule has 3 heterocycles. The molecule has 1 aromatic heterocycles. The molecule has 0 amide bonds. The number of ether oxygens (including phenoxy) is 1. The first-order chi connectivity index (χ1) is 14.2. The minimum Gasteiger partial charge on any atom is -0.484 e. The summed E-state index contributed by atoms with van der Waals surface area (Å²) in [6.07, 6.45) is -3.29. The highest BCUT2D eigenvalue weighted by Gasteiger charge is 2.44. The Bertz CT molecular complexity index is 1070. The lowest BCUT2D eigenvalue weighted by Crippen LogP contribution is -2.47. The summed E-state index contributed by atoms with van der Waals surface area (Å²) in [7, 11) is 0. The van der Waals surface area contributed by atoms with Crippen LogP contribution in [0.25, 0.3) is 11.1 Å². The molecule has 0 atom stereocenters. The van der Waals surface area contributed by atoms with Crippen LogP contribution >= 0.6 is 0 Å². The van der Waals surface area contributed by atoms with E-state index in [2.05, 4.69) is 15.3 Å². The molecule has 0 spiro atoms. The number of halogens is 3. The first kappa shape index (κ1) is 20.3. The van der Waals surface area contributed by atoms with Gasteiger partial charge in [-0.3, -0.25) is 4.84 Å². The molecule has 0 bridgehead atoms. The number of nitrogens with zero attached hydrogens (tertiary/aromatic N) is 3. The van der Waals surface area contributed by atoms with Gasteiger partial charge in [0.05, 0.1) is 10.7 Å². The summed E-state index contributed by atoms with van der Waals surface area (Å²) in [4.78, 5) is 27.7. The molecule has 2 aliphatic rings. The Kier molecular flexibility index (Phi) is 5.00. The fourth-order valence-corrected chi connectivity index (χ4v) is 3.99. The van der Waals surface area contributed by atoms with Crippen molar-refractivity contribution in [2.75, 3.05) is 13.1 Å². The highest BCUT2D eigenvalue weighted by atomic mass is 19.4. The molecule has 2 aliphatic heterocycles. The number of aromatic nitrogens is 3. The monoisotopic (exact) mass is 425 g/mol. The summed E-state index contributed by atoms with van der Waals surface area (Å²) in [5, 5.41) is 7.11. The number of carbonyl (C=O) groups excluding carboxylic acids is 1. The van der Waals surface area contributed by atoms with Crippen LogP contribution in [-0.4, -0.2) is 35.3 Å². The predicted octanol–water partition coefficient (Wildman–Crippen LogP) is 1.96. The number of benzene rings is 1. The van der Waals surface area contributed by atoms with Crippen molar-refractivity contribution in [3.05, 3.63) is 39.6 Å². The predicted molar refractivity (Wildman–Crippen MR) is 97.3 cm³/mol. The molecular weight excluding hydrogens is 405 g/mol. The van der Waals surface area contributed by atoms with Gasteiger partial charge in [-0.2, -0.15) is 13.2 Å². The summed E-state index contributed by atoms with van der Waals surface area (Å²) < 4.78 is 43.3. The molecule has 1 fully saturated rings. The third-order valence-corrected chi connectivity index (χ3v) is 5.48. The lowest BCUT2D eigenvalue weighted by molar-refractivity contribution is -0.646. The second kappa shape index (κ2) is 7.38. The number of rotatable bonds is 2. The van der Waals surface area contributed by atoms with Crippen LogP contribution in [0.3, 0.4) is 0 Å². The van der Waals surface area contributed by atoms with E-state index in [1.54, 1.807) is 0 Å². The number of piperidine rings is 1. The van der Waals surface area contributed by atoms with Gasteiger partial charge in [0.15, 0.2) is 12.3 Å². The number of hydrogen-bond donors (Lipinski definition) is 1. The summed E-state index contributed by atoms with van der Waals surface area (Å²) in [5.41, 5.74) is 3.61. The lowest BCUT2D eigenvalue weighted by Gasteiger charge is -2.27. The van der Waals surface area contributed by atoms with Crippen molar-refractivity contribution in [2.24, 2.45) is 0 Å². The Morgan fingerprint density at radius 2 is 2.00 bits per heavy atom. The zero-order valence-electron chi connectivity index (χ0n) is 16.4. The van der Waals surface area contributed by atoms with E-state index in [1.165, 1.54) is 6.92 Å². The van der Waals surface area contributed by atoms with Crippen LogP contribution in [0.15, 0.2) is 12.1 Å². The molecule has 30 heavy (non-hydrogen) atoms. The SMILES string of the molecule is Cc1cc2c(cc1C1CCNCC1)-c1c(nn(OC(=O)C(F)(F)F)[n+](=O)c1C)CO2. The normalized spacial score (nSPS) is 16.4. The zero-order chi connectivity index (χ0) is 21.6. The van der Waals surface area contributed by atoms with Gasteiger partial charge in [0.25, 0.3) is 0 Å². The van der Waals surface area contributed by atoms with E-state index in [0.29, 0.717) is 22.8 Å². The standard InChI is InChI=1S/C19H20F3N4O4/c1-10-7-16-14(8-13(10)12-3-5-23-6-4-12)17-11(2)25(28)26(24-15(17)9-29-16)30-18(27)19(20,21)22/h7-8,12,23H,3-6,9H2,1-2H3/q+1. The van der Waals surface area contributed by atoms with E-state index in [0.717, 1.165) is 37.1 Å². The molecule has 0 unspecified atom stereocenters. The van der Waals surface area contributed by atoms with Crippen LogP contribution in [0.1, 0.15) is 41.3 Å². The molecule has 0 aliphatic carbocycles. The van der Waals surface area contributed by atoms with Crippen LogP contribution in [0.5, 0.6) is 5.75 Å². The number of alkyl halides is 3. The topological polar surface area (TPSA) is 88.4 Å². The minimum atomic E-state index is -5.25. The molecule has 0 radical (unpaired) electrons. The van der Waals surface area contributed by atoms with Crippen molar-refractivity contribution in [3.63, 3.8) is 0 Å². The Balaban J connectivity index is 1.79. The average molecular weight is 425 g/mol. The van der Waals surface area contributed by atoms with Crippen molar-refractivity contribution >= 4 is 5.97 Å². The van der Waals surface area contributed by atoms with Gasteiger partial charge in [-0.05, 0) is 66.9 Å². The van der Waals surface area contributed by atoms with Gasteiger partial charge in [-0.1, -0.05) is 0 Å². The van der Waals surface area contributed by atoms with E-state index < -0.39 is 12.1 Å². The fraction of sp³-hybridized carbons (Fsp3) is 0.474. The summed E-state index contributed by atoms with van der Waals surface area (Å²) in [5.74, 6) is -1.60. The summed E-state index contributed by atoms with van der Waals surface area (Å²) in [6, 6.07) is 3.88. The quantitative estimate of drug-likeness (QED) is 0.741. The van der Waals surface area contributed by atoms with Crippen molar-refractivity contribution in [1.82, 2.24) is 15.4 Å². The number of carbonyl (C=O) groups is 1. The number of hydrogen-bond acceptors (Lipinski definition) is 6. The van der Waals surface area contributed by atoms with E-state index >= 15 is 0 Å². The lowest BCUT2D eigenvalue weighted by atomic mass is 9.84. The summed E-state index contributed by atoms with van der Waals surface area (Å²) >= 11 is 0. The van der Waals surface area contributed by atoms with Gasteiger partial charge >= 0.3 is 12.1 Å². The molecule has 1 aromatic carbocycles. The van der Waals surface area contributed by atoms with Crippen molar-refractivity contribution in [1.29, 1.82) is 0 Å². The van der Waals surface area contributed by atoms with Gasteiger partial charge in [-0.15, -0.1) is 0 Å². The van der Waals surface area contributed by atoms with Crippen LogP contribution in [0.4, 0.5) is 13.2 Å². The van der Waals surface area contributed by atoms with E-state index in [4.69, 9.17) is 4.74 Å². The van der Waals surface area contributed by atoms with Crippen molar-refractivity contribution in [3.8, 4) is 16.9 Å². The largest absolute Gasteiger partial charge is 0.493 e. The molecular formula is C19H20F3N4O4+. The maximum absolute atomic E-state index is 12.5. The molecule has 8 nitrogen and oxygen atoms in total. The highest BCUT2D eigenvalue weighted by Crippen LogP contribution is 2.42. The van der Waals surface area contributed by atoms with Crippen LogP contribution < -0.4 is 19.4 Å². The molecule has 1 saturated heterocycles. The number of fused-ring (bicyclic) bond motifs is 3. The second-order valence-corrected chi connectivity index (χ2v) is 7.43. The van der Waals surface area contributed by atoms with E-state index in [-0.39, 0.29) is 27.5 Å². The van der Waals surface area contributed by atoms with Crippen LogP contribution in [0, 0.1) is 18.8 Å². The smallest absolute Gasteiger partial charge is 0.484 e. The number of aryl methyl sites for hydroxylation is 1. The third-order valence-electron chi connectivity index (χ3n) is 5.48. The van der Waals surface area contributed by atoms with Gasteiger partial charge < -0.3 is 10.1 Å². The van der Waals surface area contributed by atoms with Gasteiger partial charge in [-0.25, -0.2) is 4.79 Å². The fourth-order valence-electron chi connectivity index (χ4n) is 3.99. The number of nitrogens with one attached hydrogen (secondary N) is 1. The van der Waals surface area contributed by atoms with Crippen LogP contribution in [0.2, 0.25) is 0 Å². The second-order valence-electron chi connectivity index (χ2n) is 7.43. The minimum absolute atomic E-state index is 0.000248.